The van der Waals surface area contributed by atoms with Gasteiger partial charge in [0.2, 0.25) is 5.88 Å². The third kappa shape index (κ3) is 1.78. The highest BCUT2D eigenvalue weighted by Gasteiger charge is 2.32. The zero-order valence-corrected chi connectivity index (χ0v) is 6.82. The van der Waals surface area contributed by atoms with E-state index < -0.39 is 12.2 Å². The van der Waals surface area contributed by atoms with Gasteiger partial charge in [0.25, 0.3) is 0 Å². The van der Waals surface area contributed by atoms with Gasteiger partial charge in [0.05, 0.1) is 6.20 Å². The number of aromatic nitrogens is 2. The van der Waals surface area contributed by atoms with Gasteiger partial charge in [-0.15, -0.1) is 13.2 Å². The average molecular weight is 202 g/mol. The number of halogens is 3. The van der Waals surface area contributed by atoms with Crippen molar-refractivity contribution in [2.24, 2.45) is 0 Å². The quantitative estimate of drug-likeness (QED) is 0.708. The summed E-state index contributed by atoms with van der Waals surface area (Å²) in [6.07, 6.45) is -1.94. The number of imidazole rings is 1. The van der Waals surface area contributed by atoms with Crippen LogP contribution in [0.25, 0.3) is 5.65 Å². The molecule has 0 aliphatic carbocycles. The number of hydrogen-bond acceptors (Lipinski definition) is 2. The lowest BCUT2D eigenvalue weighted by Crippen LogP contribution is -2.17. The van der Waals surface area contributed by atoms with Crippen molar-refractivity contribution >= 4 is 5.65 Å². The molecule has 0 bridgehead atoms. The summed E-state index contributed by atoms with van der Waals surface area (Å²) in [7, 11) is 0. The maximum atomic E-state index is 11.8. The van der Waals surface area contributed by atoms with Gasteiger partial charge in [-0.2, -0.15) is 4.98 Å². The van der Waals surface area contributed by atoms with E-state index in [9.17, 15) is 13.2 Å². The predicted molar refractivity (Wildman–Crippen MR) is 41.9 cm³/mol. The highest BCUT2D eigenvalue weighted by molar-refractivity contribution is 5.41. The first-order valence-electron chi connectivity index (χ1n) is 3.74. The molecule has 6 heteroatoms. The third-order valence-corrected chi connectivity index (χ3v) is 1.56. The molecule has 0 unspecified atom stereocenters. The first-order chi connectivity index (χ1) is 6.54. The Bertz CT molecular complexity index is 416. The SMILES string of the molecule is FC(F)(F)Oc1cn2ccccc2n1. The number of rotatable bonds is 1. The molecule has 0 radical (unpaired) electrons. The van der Waals surface area contributed by atoms with Crippen LogP contribution in [0.15, 0.2) is 30.6 Å². The van der Waals surface area contributed by atoms with Crippen molar-refractivity contribution in [2.75, 3.05) is 0 Å². The second-order valence-electron chi connectivity index (χ2n) is 2.59. The lowest BCUT2D eigenvalue weighted by atomic mass is 10.5. The maximum Gasteiger partial charge on any atom is 0.574 e. The summed E-state index contributed by atoms with van der Waals surface area (Å²) in [5.41, 5.74) is 0.409. The largest absolute Gasteiger partial charge is 0.574 e. The highest BCUT2D eigenvalue weighted by atomic mass is 19.4. The van der Waals surface area contributed by atoms with Gasteiger partial charge >= 0.3 is 6.36 Å². The van der Waals surface area contributed by atoms with Crippen LogP contribution in [0.3, 0.4) is 0 Å². The minimum atomic E-state index is -4.70. The molecule has 0 aliphatic heterocycles. The van der Waals surface area contributed by atoms with E-state index in [-0.39, 0.29) is 0 Å². The van der Waals surface area contributed by atoms with Gasteiger partial charge in [-0.1, -0.05) is 6.07 Å². The van der Waals surface area contributed by atoms with Crippen LogP contribution < -0.4 is 4.74 Å². The number of nitrogens with zero attached hydrogens (tertiary/aromatic N) is 2. The Morgan fingerprint density at radius 3 is 2.71 bits per heavy atom. The molecule has 0 atom stereocenters. The molecule has 0 amide bonds. The van der Waals surface area contributed by atoms with Crippen molar-refractivity contribution in [3.05, 3.63) is 30.6 Å². The summed E-state index contributed by atoms with van der Waals surface area (Å²) >= 11 is 0. The van der Waals surface area contributed by atoms with Crippen LogP contribution in [0.1, 0.15) is 0 Å². The Labute approximate surface area is 76.7 Å². The summed E-state index contributed by atoms with van der Waals surface area (Å²) in [5.74, 6) is -0.455. The zero-order chi connectivity index (χ0) is 10.2. The molecule has 0 saturated heterocycles. The Kier molecular flexibility index (Phi) is 1.83. The average Bonchev–Trinajstić information content (AvgIpc) is 2.42. The lowest BCUT2D eigenvalue weighted by Gasteiger charge is -2.03. The Morgan fingerprint density at radius 2 is 2.07 bits per heavy atom. The summed E-state index contributed by atoms with van der Waals surface area (Å²) < 4.78 is 40.5. The Hall–Kier alpha value is -1.72. The predicted octanol–water partition coefficient (Wildman–Crippen LogP) is 2.23. The van der Waals surface area contributed by atoms with Crippen LogP contribution in [0.5, 0.6) is 5.88 Å². The topological polar surface area (TPSA) is 26.5 Å². The van der Waals surface area contributed by atoms with Crippen molar-refractivity contribution in [1.82, 2.24) is 9.38 Å². The monoisotopic (exact) mass is 202 g/mol. The number of hydrogen-bond donors (Lipinski definition) is 0. The minimum Gasteiger partial charge on any atom is -0.386 e. The van der Waals surface area contributed by atoms with Gasteiger partial charge in [0, 0.05) is 6.20 Å². The molecular weight excluding hydrogens is 197 g/mol. The number of fused-ring (bicyclic) bond motifs is 1. The van der Waals surface area contributed by atoms with Gasteiger partial charge in [-0.3, -0.25) is 0 Å². The summed E-state index contributed by atoms with van der Waals surface area (Å²) in [4.78, 5) is 3.62. The summed E-state index contributed by atoms with van der Waals surface area (Å²) in [6.45, 7) is 0. The van der Waals surface area contributed by atoms with Crippen molar-refractivity contribution in [2.45, 2.75) is 6.36 Å². The fraction of sp³-hybridized carbons (Fsp3) is 0.125. The highest BCUT2D eigenvalue weighted by Crippen LogP contribution is 2.21. The fourth-order valence-electron chi connectivity index (χ4n) is 1.08. The van der Waals surface area contributed by atoms with Crippen LogP contribution in [0.2, 0.25) is 0 Å². The zero-order valence-electron chi connectivity index (χ0n) is 6.82. The second-order valence-corrected chi connectivity index (χ2v) is 2.59. The van der Waals surface area contributed by atoms with Gasteiger partial charge in [-0.25, -0.2) is 0 Å². The fourth-order valence-corrected chi connectivity index (χ4v) is 1.08. The van der Waals surface area contributed by atoms with Crippen molar-refractivity contribution in [1.29, 1.82) is 0 Å². The first-order valence-corrected chi connectivity index (χ1v) is 3.74. The van der Waals surface area contributed by atoms with E-state index in [2.05, 4.69) is 9.72 Å². The molecule has 0 saturated carbocycles. The van der Waals surface area contributed by atoms with Crippen LogP contribution in [-0.4, -0.2) is 15.7 Å². The van der Waals surface area contributed by atoms with E-state index in [0.717, 1.165) is 0 Å². The van der Waals surface area contributed by atoms with Crippen LogP contribution >= 0.6 is 0 Å². The van der Waals surface area contributed by atoms with Crippen LogP contribution in [0.4, 0.5) is 13.2 Å². The summed E-state index contributed by atoms with van der Waals surface area (Å²) in [6, 6.07) is 4.95. The summed E-state index contributed by atoms with van der Waals surface area (Å²) in [5, 5.41) is 0. The molecular formula is C8H5F3N2O. The van der Waals surface area contributed by atoms with Crippen LogP contribution in [0, 0.1) is 0 Å². The smallest absolute Gasteiger partial charge is 0.386 e. The molecule has 2 aromatic rings. The molecule has 0 fully saturated rings. The molecule has 3 nitrogen and oxygen atoms in total. The van der Waals surface area contributed by atoms with E-state index in [0.29, 0.717) is 5.65 Å². The molecule has 0 N–H and O–H groups in total. The van der Waals surface area contributed by atoms with E-state index >= 15 is 0 Å². The number of pyridine rings is 1. The van der Waals surface area contributed by atoms with Gasteiger partial charge < -0.3 is 9.14 Å². The van der Waals surface area contributed by atoms with Gasteiger partial charge in [0.15, 0.2) is 0 Å². The molecule has 0 aromatic carbocycles. The lowest BCUT2D eigenvalue weighted by molar-refractivity contribution is -0.276. The van der Waals surface area contributed by atoms with E-state index in [1.807, 2.05) is 0 Å². The number of alkyl halides is 3. The van der Waals surface area contributed by atoms with Gasteiger partial charge in [-0.05, 0) is 12.1 Å². The molecule has 2 heterocycles. The van der Waals surface area contributed by atoms with E-state index in [1.165, 1.54) is 10.6 Å². The third-order valence-electron chi connectivity index (χ3n) is 1.56. The van der Waals surface area contributed by atoms with Crippen molar-refractivity contribution in [3.8, 4) is 5.88 Å². The van der Waals surface area contributed by atoms with E-state index in [1.54, 1.807) is 24.4 Å². The van der Waals surface area contributed by atoms with E-state index in [4.69, 9.17) is 0 Å². The van der Waals surface area contributed by atoms with Crippen molar-refractivity contribution < 1.29 is 17.9 Å². The maximum absolute atomic E-state index is 11.8. The van der Waals surface area contributed by atoms with Gasteiger partial charge in [0.1, 0.15) is 5.65 Å². The molecule has 2 aromatic heterocycles. The minimum absolute atomic E-state index is 0.409. The molecule has 14 heavy (non-hydrogen) atoms. The van der Waals surface area contributed by atoms with Crippen molar-refractivity contribution in [3.63, 3.8) is 0 Å². The standard InChI is InChI=1S/C8H5F3N2O/c9-8(10,11)14-7-5-13-4-2-1-3-6(13)12-7/h1-5H. The second kappa shape index (κ2) is 2.90. The number of ether oxygens (including phenoxy) is 1. The molecule has 74 valence electrons. The first kappa shape index (κ1) is 8.86. The Balaban J connectivity index is 2.36. The normalized spacial score (nSPS) is 11.9. The molecule has 0 aliphatic rings. The molecule has 2 rings (SSSR count). The van der Waals surface area contributed by atoms with Crippen LogP contribution in [-0.2, 0) is 0 Å². The molecule has 0 spiro atoms. The Morgan fingerprint density at radius 1 is 1.29 bits per heavy atom.